The molecule has 0 aliphatic carbocycles. The van der Waals surface area contributed by atoms with E-state index < -0.39 is 0 Å². The summed E-state index contributed by atoms with van der Waals surface area (Å²) < 4.78 is 7.72. The minimum Gasteiger partial charge on any atom is -0.493 e. The van der Waals surface area contributed by atoms with Gasteiger partial charge >= 0.3 is 0 Å². The number of rotatable bonds is 6. The van der Waals surface area contributed by atoms with Crippen molar-refractivity contribution in [2.24, 2.45) is 5.92 Å². The van der Waals surface area contributed by atoms with Crippen molar-refractivity contribution in [3.8, 4) is 5.75 Å². The second-order valence-electron chi connectivity index (χ2n) is 5.70. The molecule has 1 amide bonds. The Morgan fingerprint density at radius 3 is 3.18 bits per heavy atom. The predicted molar refractivity (Wildman–Crippen MR) is 83.6 cm³/mol. The van der Waals surface area contributed by atoms with Gasteiger partial charge in [-0.2, -0.15) is 0 Å². The van der Waals surface area contributed by atoms with Crippen molar-refractivity contribution in [2.45, 2.75) is 25.8 Å². The van der Waals surface area contributed by atoms with Gasteiger partial charge in [-0.15, -0.1) is 0 Å². The van der Waals surface area contributed by atoms with E-state index in [1.165, 1.54) is 5.56 Å². The number of para-hydroxylation sites is 1. The van der Waals surface area contributed by atoms with Gasteiger partial charge in [0.15, 0.2) is 0 Å². The summed E-state index contributed by atoms with van der Waals surface area (Å²) in [5, 5.41) is 3.02. The lowest BCUT2D eigenvalue weighted by atomic mass is 9.97. The summed E-state index contributed by atoms with van der Waals surface area (Å²) in [6, 6.07) is 8.11. The van der Waals surface area contributed by atoms with Crippen molar-refractivity contribution in [1.29, 1.82) is 0 Å². The molecular weight excluding hydrogens is 278 g/mol. The molecule has 0 unspecified atom stereocenters. The molecule has 1 aliphatic heterocycles. The van der Waals surface area contributed by atoms with Crippen LogP contribution >= 0.6 is 0 Å². The third-order valence-electron chi connectivity index (χ3n) is 3.92. The Morgan fingerprint density at radius 1 is 1.41 bits per heavy atom. The number of carbonyl (C=O) groups is 1. The van der Waals surface area contributed by atoms with Crippen LogP contribution in [0.4, 0.5) is 0 Å². The van der Waals surface area contributed by atoms with E-state index in [9.17, 15) is 4.79 Å². The zero-order chi connectivity index (χ0) is 15.2. The average molecular weight is 299 g/mol. The van der Waals surface area contributed by atoms with Crippen LogP contribution in [0.15, 0.2) is 43.0 Å². The molecule has 0 bridgehead atoms. The van der Waals surface area contributed by atoms with Crippen LogP contribution in [0.2, 0.25) is 0 Å². The van der Waals surface area contributed by atoms with Crippen LogP contribution in [0.1, 0.15) is 18.4 Å². The van der Waals surface area contributed by atoms with Crippen molar-refractivity contribution in [2.75, 3.05) is 13.2 Å². The molecule has 0 spiro atoms. The lowest BCUT2D eigenvalue weighted by Crippen LogP contribution is -2.34. The van der Waals surface area contributed by atoms with E-state index in [0.29, 0.717) is 25.5 Å². The Kier molecular flexibility index (Phi) is 4.73. The maximum absolute atomic E-state index is 11.9. The standard InChI is InChI=1S/C17H21N3O2/c21-17(6-3-8-20-9-7-18-13-20)19-11-14-10-15-4-1-2-5-16(15)22-12-14/h1-2,4-5,7,9,13-14H,3,6,8,10-12H2,(H,19,21)/t14-/m1/s1. The SMILES string of the molecule is O=C(CCCn1ccnc1)NC[C@@H]1COc2ccccc2C1. The average Bonchev–Trinajstić information content (AvgIpc) is 3.06. The fraction of sp³-hybridized carbons (Fsp3) is 0.412. The number of hydrogen-bond acceptors (Lipinski definition) is 3. The third kappa shape index (κ3) is 3.87. The predicted octanol–water partition coefficient (Wildman–Crippen LogP) is 2.03. The van der Waals surface area contributed by atoms with E-state index in [-0.39, 0.29) is 5.91 Å². The Bertz CT molecular complexity index is 610. The van der Waals surface area contributed by atoms with Crippen molar-refractivity contribution in [1.82, 2.24) is 14.9 Å². The maximum Gasteiger partial charge on any atom is 0.220 e. The molecule has 3 rings (SSSR count). The third-order valence-corrected chi connectivity index (χ3v) is 3.92. The molecule has 116 valence electrons. The largest absolute Gasteiger partial charge is 0.493 e. The fourth-order valence-electron chi connectivity index (χ4n) is 2.71. The van der Waals surface area contributed by atoms with Gasteiger partial charge in [-0.05, 0) is 24.5 Å². The number of carbonyl (C=O) groups excluding carboxylic acids is 1. The summed E-state index contributed by atoms with van der Waals surface area (Å²) in [7, 11) is 0. The summed E-state index contributed by atoms with van der Waals surface area (Å²) in [5.74, 6) is 1.44. The van der Waals surface area contributed by atoms with Crippen LogP contribution in [0, 0.1) is 5.92 Å². The van der Waals surface area contributed by atoms with Crippen molar-refractivity contribution in [3.05, 3.63) is 48.5 Å². The summed E-state index contributed by atoms with van der Waals surface area (Å²) in [6.45, 7) is 2.18. The number of benzene rings is 1. The maximum atomic E-state index is 11.9. The van der Waals surface area contributed by atoms with E-state index in [2.05, 4.69) is 16.4 Å². The van der Waals surface area contributed by atoms with E-state index >= 15 is 0 Å². The van der Waals surface area contributed by atoms with Crippen LogP contribution in [-0.2, 0) is 17.8 Å². The highest BCUT2D eigenvalue weighted by atomic mass is 16.5. The number of ether oxygens (including phenoxy) is 1. The number of aryl methyl sites for hydroxylation is 1. The first kappa shape index (κ1) is 14.6. The highest BCUT2D eigenvalue weighted by Crippen LogP contribution is 2.26. The lowest BCUT2D eigenvalue weighted by molar-refractivity contribution is -0.121. The summed E-state index contributed by atoms with van der Waals surface area (Å²) >= 11 is 0. The number of fused-ring (bicyclic) bond motifs is 1. The second-order valence-corrected chi connectivity index (χ2v) is 5.70. The molecule has 1 aliphatic rings. The molecule has 5 heteroatoms. The molecule has 0 saturated heterocycles. The molecule has 1 aromatic carbocycles. The normalized spacial score (nSPS) is 16.6. The number of hydrogen-bond donors (Lipinski definition) is 1. The van der Waals surface area contributed by atoms with Crippen molar-refractivity contribution < 1.29 is 9.53 Å². The smallest absolute Gasteiger partial charge is 0.220 e. The number of nitrogens with zero attached hydrogens (tertiary/aromatic N) is 2. The molecule has 0 fully saturated rings. The molecule has 5 nitrogen and oxygen atoms in total. The first-order valence-electron chi connectivity index (χ1n) is 7.74. The minimum atomic E-state index is 0.110. The van der Waals surface area contributed by atoms with Gasteiger partial charge in [0.05, 0.1) is 12.9 Å². The lowest BCUT2D eigenvalue weighted by Gasteiger charge is -2.25. The van der Waals surface area contributed by atoms with Gasteiger partial charge in [0.25, 0.3) is 0 Å². The summed E-state index contributed by atoms with van der Waals surface area (Å²) in [5.41, 5.74) is 1.23. The number of aromatic nitrogens is 2. The Hall–Kier alpha value is -2.30. The van der Waals surface area contributed by atoms with Gasteiger partial charge in [0.1, 0.15) is 5.75 Å². The first-order valence-corrected chi connectivity index (χ1v) is 7.74. The highest BCUT2D eigenvalue weighted by Gasteiger charge is 2.19. The number of nitrogens with one attached hydrogen (secondary N) is 1. The second kappa shape index (κ2) is 7.11. The van der Waals surface area contributed by atoms with Crippen LogP contribution in [0.25, 0.3) is 0 Å². The number of amides is 1. The van der Waals surface area contributed by atoms with Gasteiger partial charge in [0.2, 0.25) is 5.91 Å². The van der Waals surface area contributed by atoms with Crippen molar-refractivity contribution in [3.63, 3.8) is 0 Å². The Labute approximate surface area is 130 Å². The molecule has 0 radical (unpaired) electrons. The number of imidazole rings is 1. The molecule has 1 atom stereocenters. The molecule has 2 aromatic rings. The molecular formula is C17H21N3O2. The molecule has 0 saturated carbocycles. The molecule has 2 heterocycles. The van der Waals surface area contributed by atoms with E-state index in [1.807, 2.05) is 29.0 Å². The fourth-order valence-corrected chi connectivity index (χ4v) is 2.71. The van der Waals surface area contributed by atoms with Gasteiger partial charge in [-0.3, -0.25) is 4.79 Å². The van der Waals surface area contributed by atoms with Gasteiger partial charge < -0.3 is 14.6 Å². The molecule has 1 N–H and O–H groups in total. The van der Waals surface area contributed by atoms with Crippen LogP contribution in [0.5, 0.6) is 5.75 Å². The van der Waals surface area contributed by atoms with E-state index in [0.717, 1.165) is 25.1 Å². The van der Waals surface area contributed by atoms with Crippen LogP contribution in [-0.4, -0.2) is 28.6 Å². The highest BCUT2D eigenvalue weighted by molar-refractivity contribution is 5.75. The van der Waals surface area contributed by atoms with Crippen LogP contribution in [0.3, 0.4) is 0 Å². The quantitative estimate of drug-likeness (QED) is 0.888. The van der Waals surface area contributed by atoms with Gasteiger partial charge in [0, 0.05) is 37.8 Å². The summed E-state index contributed by atoms with van der Waals surface area (Å²) in [4.78, 5) is 15.9. The molecule has 1 aromatic heterocycles. The van der Waals surface area contributed by atoms with Crippen molar-refractivity contribution >= 4 is 5.91 Å². The minimum absolute atomic E-state index is 0.110. The summed E-state index contributed by atoms with van der Waals surface area (Å²) in [6.07, 6.45) is 7.77. The van der Waals surface area contributed by atoms with E-state index in [4.69, 9.17) is 4.74 Å². The Morgan fingerprint density at radius 2 is 2.32 bits per heavy atom. The van der Waals surface area contributed by atoms with Crippen LogP contribution < -0.4 is 10.1 Å². The topological polar surface area (TPSA) is 56.2 Å². The monoisotopic (exact) mass is 299 g/mol. The zero-order valence-corrected chi connectivity index (χ0v) is 12.6. The molecule has 22 heavy (non-hydrogen) atoms. The van der Waals surface area contributed by atoms with Gasteiger partial charge in [-0.1, -0.05) is 18.2 Å². The van der Waals surface area contributed by atoms with Gasteiger partial charge in [-0.25, -0.2) is 4.98 Å². The zero-order valence-electron chi connectivity index (χ0n) is 12.6. The first-order chi connectivity index (χ1) is 10.8. The van der Waals surface area contributed by atoms with E-state index in [1.54, 1.807) is 12.5 Å². The Balaban J connectivity index is 1.37.